The molecule has 1 aromatic carbocycles. The summed E-state index contributed by atoms with van der Waals surface area (Å²) in [5.41, 5.74) is 2.50. The summed E-state index contributed by atoms with van der Waals surface area (Å²) in [7, 11) is 0. The molecule has 0 saturated carbocycles. The molecule has 0 radical (unpaired) electrons. The van der Waals surface area contributed by atoms with Crippen LogP contribution in [-0.4, -0.2) is 65.0 Å². The van der Waals surface area contributed by atoms with Gasteiger partial charge in [0.15, 0.2) is 0 Å². The van der Waals surface area contributed by atoms with Crippen molar-refractivity contribution < 1.29 is 4.74 Å². The Labute approximate surface area is 143 Å². The van der Waals surface area contributed by atoms with Crippen LogP contribution in [0.2, 0.25) is 0 Å². The van der Waals surface area contributed by atoms with Gasteiger partial charge in [-0.25, -0.2) is 4.68 Å². The smallest absolute Gasteiger partial charge is 0.0645 e. The zero-order valence-corrected chi connectivity index (χ0v) is 14.2. The van der Waals surface area contributed by atoms with Crippen LogP contribution in [0, 0.1) is 0 Å². The third-order valence-electron chi connectivity index (χ3n) is 5.23. The standard InChI is InChI=1S/C19H26N4O/c1-8-20-23(9-1)19-4-2-17(3-5-19)16-21-10-12-22(13-11-21)18-6-14-24-15-7-18/h1-5,8-9,18H,6-7,10-16H2. The molecule has 0 bridgehead atoms. The molecule has 1 aromatic heterocycles. The number of aromatic nitrogens is 2. The van der Waals surface area contributed by atoms with Crippen LogP contribution in [0.4, 0.5) is 0 Å². The molecule has 5 heteroatoms. The van der Waals surface area contributed by atoms with Crippen LogP contribution in [0.25, 0.3) is 5.69 Å². The molecule has 2 aromatic rings. The monoisotopic (exact) mass is 326 g/mol. The zero-order chi connectivity index (χ0) is 16.2. The highest BCUT2D eigenvalue weighted by Crippen LogP contribution is 2.18. The summed E-state index contributed by atoms with van der Waals surface area (Å²) in [6, 6.07) is 11.4. The maximum atomic E-state index is 5.48. The molecule has 128 valence electrons. The molecule has 2 fully saturated rings. The SMILES string of the molecule is c1cnn(-c2ccc(CN3CCN(C4CCOCC4)CC3)cc2)c1. The van der Waals surface area contributed by atoms with Crippen LogP contribution in [-0.2, 0) is 11.3 Å². The number of ether oxygens (including phenoxy) is 1. The van der Waals surface area contributed by atoms with E-state index >= 15 is 0 Å². The van der Waals surface area contributed by atoms with Crippen molar-refractivity contribution in [3.8, 4) is 5.69 Å². The minimum Gasteiger partial charge on any atom is -0.381 e. The highest BCUT2D eigenvalue weighted by molar-refractivity contribution is 5.33. The first kappa shape index (κ1) is 15.8. The van der Waals surface area contributed by atoms with Gasteiger partial charge in [-0.1, -0.05) is 12.1 Å². The molecule has 0 N–H and O–H groups in total. The van der Waals surface area contributed by atoms with E-state index in [9.17, 15) is 0 Å². The molecule has 4 rings (SSSR count). The molecule has 0 unspecified atom stereocenters. The van der Waals surface area contributed by atoms with Crippen molar-refractivity contribution in [1.29, 1.82) is 0 Å². The lowest BCUT2D eigenvalue weighted by Crippen LogP contribution is -2.51. The number of rotatable bonds is 4. The van der Waals surface area contributed by atoms with E-state index in [1.165, 1.54) is 31.5 Å². The van der Waals surface area contributed by atoms with Crippen molar-refractivity contribution >= 4 is 0 Å². The van der Waals surface area contributed by atoms with Crippen molar-refractivity contribution in [2.45, 2.75) is 25.4 Å². The van der Waals surface area contributed by atoms with Crippen LogP contribution < -0.4 is 0 Å². The zero-order valence-electron chi connectivity index (χ0n) is 14.2. The van der Waals surface area contributed by atoms with Gasteiger partial charge in [0.05, 0.1) is 5.69 Å². The van der Waals surface area contributed by atoms with Gasteiger partial charge in [-0.15, -0.1) is 0 Å². The molecular formula is C19H26N4O. The second-order valence-corrected chi connectivity index (χ2v) is 6.77. The average Bonchev–Trinajstić information content (AvgIpc) is 3.18. The summed E-state index contributed by atoms with van der Waals surface area (Å²) in [6.07, 6.45) is 6.19. The van der Waals surface area contributed by atoms with Crippen molar-refractivity contribution in [2.24, 2.45) is 0 Å². The van der Waals surface area contributed by atoms with E-state index < -0.39 is 0 Å². The van der Waals surface area contributed by atoms with Crippen LogP contribution >= 0.6 is 0 Å². The number of hydrogen-bond acceptors (Lipinski definition) is 4. The third-order valence-corrected chi connectivity index (χ3v) is 5.23. The first-order chi connectivity index (χ1) is 11.9. The third kappa shape index (κ3) is 3.69. The quantitative estimate of drug-likeness (QED) is 0.862. The van der Waals surface area contributed by atoms with Gasteiger partial charge >= 0.3 is 0 Å². The van der Waals surface area contributed by atoms with Crippen molar-refractivity contribution in [1.82, 2.24) is 19.6 Å². The Morgan fingerprint density at radius 2 is 1.75 bits per heavy atom. The number of benzene rings is 1. The molecule has 24 heavy (non-hydrogen) atoms. The maximum Gasteiger partial charge on any atom is 0.0645 e. The highest BCUT2D eigenvalue weighted by atomic mass is 16.5. The van der Waals surface area contributed by atoms with Crippen molar-refractivity contribution in [3.05, 3.63) is 48.3 Å². The second kappa shape index (κ2) is 7.47. The lowest BCUT2D eigenvalue weighted by molar-refractivity contribution is 0.0126. The number of nitrogens with zero attached hydrogens (tertiary/aromatic N) is 4. The molecule has 2 saturated heterocycles. The molecular weight excluding hydrogens is 300 g/mol. The van der Waals surface area contributed by atoms with Gasteiger partial charge in [-0.2, -0.15) is 5.10 Å². The summed E-state index contributed by atoms with van der Waals surface area (Å²) >= 11 is 0. The predicted molar refractivity (Wildman–Crippen MR) is 94.3 cm³/mol. The average molecular weight is 326 g/mol. The van der Waals surface area contributed by atoms with Gasteiger partial charge < -0.3 is 4.74 Å². The van der Waals surface area contributed by atoms with Gasteiger partial charge in [0, 0.05) is 64.4 Å². The van der Waals surface area contributed by atoms with Gasteiger partial charge in [0.1, 0.15) is 0 Å². The molecule has 2 aliphatic heterocycles. The lowest BCUT2D eigenvalue weighted by Gasteiger charge is -2.40. The van der Waals surface area contributed by atoms with Crippen LogP contribution in [0.3, 0.4) is 0 Å². The van der Waals surface area contributed by atoms with E-state index in [0.717, 1.165) is 44.6 Å². The Kier molecular flexibility index (Phi) is 4.92. The van der Waals surface area contributed by atoms with E-state index in [1.807, 2.05) is 23.1 Å². The van der Waals surface area contributed by atoms with Crippen molar-refractivity contribution in [2.75, 3.05) is 39.4 Å². The summed E-state index contributed by atoms with van der Waals surface area (Å²) in [5.74, 6) is 0. The van der Waals surface area contributed by atoms with Gasteiger partial charge in [0.25, 0.3) is 0 Å². The summed E-state index contributed by atoms with van der Waals surface area (Å²) < 4.78 is 7.38. The molecule has 0 amide bonds. The lowest BCUT2D eigenvalue weighted by atomic mass is 10.1. The van der Waals surface area contributed by atoms with Gasteiger partial charge in [-0.05, 0) is 36.6 Å². The molecule has 3 heterocycles. The van der Waals surface area contributed by atoms with E-state index in [-0.39, 0.29) is 0 Å². The summed E-state index contributed by atoms with van der Waals surface area (Å²) in [6.45, 7) is 7.63. The van der Waals surface area contributed by atoms with Crippen LogP contribution in [0.1, 0.15) is 18.4 Å². The largest absolute Gasteiger partial charge is 0.381 e. The normalized spacial score (nSPS) is 21.2. The van der Waals surface area contributed by atoms with Gasteiger partial charge in [0.2, 0.25) is 0 Å². The Morgan fingerprint density at radius 1 is 1.00 bits per heavy atom. The fourth-order valence-corrected chi connectivity index (χ4v) is 3.77. The van der Waals surface area contributed by atoms with Crippen molar-refractivity contribution in [3.63, 3.8) is 0 Å². The van der Waals surface area contributed by atoms with Crippen LogP contribution in [0.5, 0.6) is 0 Å². The molecule has 0 atom stereocenters. The minimum absolute atomic E-state index is 0.745. The molecule has 5 nitrogen and oxygen atoms in total. The highest BCUT2D eigenvalue weighted by Gasteiger charge is 2.25. The van der Waals surface area contributed by atoms with Crippen LogP contribution in [0.15, 0.2) is 42.7 Å². The Balaban J connectivity index is 1.29. The molecule has 0 aliphatic carbocycles. The number of piperazine rings is 1. The van der Waals surface area contributed by atoms with Gasteiger partial charge in [-0.3, -0.25) is 9.80 Å². The van der Waals surface area contributed by atoms with E-state index in [0.29, 0.717) is 0 Å². The predicted octanol–water partition coefficient (Wildman–Crippen LogP) is 2.17. The first-order valence-corrected chi connectivity index (χ1v) is 9.01. The summed E-state index contributed by atoms with van der Waals surface area (Å²) in [5, 5.41) is 4.28. The first-order valence-electron chi connectivity index (χ1n) is 9.01. The Bertz CT molecular complexity index is 611. The minimum atomic E-state index is 0.745. The van der Waals surface area contributed by atoms with E-state index in [2.05, 4.69) is 39.2 Å². The fourth-order valence-electron chi connectivity index (χ4n) is 3.77. The van der Waals surface area contributed by atoms with E-state index in [1.54, 1.807) is 0 Å². The maximum absolute atomic E-state index is 5.48. The molecule has 2 aliphatic rings. The topological polar surface area (TPSA) is 33.5 Å². The Hall–Kier alpha value is -1.69. The summed E-state index contributed by atoms with van der Waals surface area (Å²) in [4.78, 5) is 5.23. The fraction of sp³-hybridized carbons (Fsp3) is 0.526. The molecule has 0 spiro atoms. The Morgan fingerprint density at radius 3 is 2.42 bits per heavy atom. The second-order valence-electron chi connectivity index (χ2n) is 6.77. The number of hydrogen-bond donors (Lipinski definition) is 0. The van der Waals surface area contributed by atoms with E-state index in [4.69, 9.17) is 4.74 Å².